The first kappa shape index (κ1) is 19.3. The van der Waals surface area contributed by atoms with E-state index in [1.165, 1.54) is 0 Å². The molecule has 0 saturated carbocycles. The summed E-state index contributed by atoms with van der Waals surface area (Å²) in [6.07, 6.45) is 6.00. The lowest BCUT2D eigenvalue weighted by Gasteiger charge is -2.23. The summed E-state index contributed by atoms with van der Waals surface area (Å²) in [6, 6.07) is 2.18. The third-order valence-corrected chi connectivity index (χ3v) is 6.24. The van der Waals surface area contributed by atoms with Gasteiger partial charge >= 0.3 is 0 Å². The molecule has 150 valence electrons. The molecule has 2 aromatic heterocycles. The molecule has 28 heavy (non-hydrogen) atoms. The summed E-state index contributed by atoms with van der Waals surface area (Å²) in [5.41, 5.74) is 2.11. The number of aromatic nitrogens is 3. The van der Waals surface area contributed by atoms with Crippen LogP contribution in [0.15, 0.2) is 17.6 Å². The molecule has 2 fully saturated rings. The van der Waals surface area contributed by atoms with E-state index in [9.17, 15) is 4.79 Å². The van der Waals surface area contributed by atoms with Gasteiger partial charge in [0.15, 0.2) is 0 Å². The molecule has 0 bridgehead atoms. The van der Waals surface area contributed by atoms with Crippen molar-refractivity contribution in [1.82, 2.24) is 20.3 Å². The molecule has 1 amide bonds. The molecule has 2 aliphatic heterocycles. The van der Waals surface area contributed by atoms with Crippen molar-refractivity contribution < 1.29 is 9.53 Å². The lowest BCUT2D eigenvalue weighted by Crippen LogP contribution is -2.37. The van der Waals surface area contributed by atoms with Crippen LogP contribution in [0.3, 0.4) is 0 Å². The third-order valence-electron chi connectivity index (χ3n) is 5.41. The Morgan fingerprint density at radius 2 is 2.18 bits per heavy atom. The lowest BCUT2D eigenvalue weighted by molar-refractivity contribution is -0.121. The molecule has 2 aliphatic rings. The zero-order valence-electron chi connectivity index (χ0n) is 16.3. The zero-order chi connectivity index (χ0) is 19.3. The predicted molar refractivity (Wildman–Crippen MR) is 109 cm³/mol. The number of rotatable bonds is 6. The number of hydrogen-bond acceptors (Lipinski definition) is 7. The number of nitrogens with zero attached hydrogens (tertiary/aromatic N) is 4. The van der Waals surface area contributed by atoms with Crippen molar-refractivity contribution in [3.8, 4) is 0 Å². The number of amides is 1. The molecule has 8 heteroatoms. The van der Waals surface area contributed by atoms with Crippen molar-refractivity contribution in [3.63, 3.8) is 0 Å². The number of hydrogen-bond donors (Lipinski definition) is 1. The standard InChI is InChI=1S/C20H27N5O2S/c1-14-22-17(13-28-14)2-3-19(26)23-16-5-9-25(12-16)20-21-8-4-18(24-20)15-6-10-27-11-7-15/h4,8,13,15-16H,2-3,5-7,9-12H2,1H3,(H,23,26). The fourth-order valence-electron chi connectivity index (χ4n) is 3.86. The summed E-state index contributed by atoms with van der Waals surface area (Å²) in [7, 11) is 0. The maximum atomic E-state index is 12.3. The van der Waals surface area contributed by atoms with Crippen LogP contribution in [-0.2, 0) is 16.0 Å². The molecule has 1 unspecified atom stereocenters. The van der Waals surface area contributed by atoms with Crippen molar-refractivity contribution >= 4 is 23.2 Å². The summed E-state index contributed by atoms with van der Waals surface area (Å²) in [5.74, 6) is 1.33. The number of aryl methyl sites for hydroxylation is 2. The van der Waals surface area contributed by atoms with Crippen molar-refractivity contribution in [2.45, 2.75) is 51.0 Å². The van der Waals surface area contributed by atoms with Crippen LogP contribution in [0.2, 0.25) is 0 Å². The molecule has 4 rings (SSSR count). The van der Waals surface area contributed by atoms with Crippen LogP contribution in [0.25, 0.3) is 0 Å². The van der Waals surface area contributed by atoms with Crippen molar-refractivity contribution in [2.24, 2.45) is 0 Å². The van der Waals surface area contributed by atoms with Gasteiger partial charge in [-0.25, -0.2) is 15.0 Å². The Hall–Kier alpha value is -2.06. The predicted octanol–water partition coefficient (Wildman–Crippen LogP) is 2.46. The Labute approximate surface area is 169 Å². The second-order valence-corrected chi connectivity index (χ2v) is 8.59. The number of carbonyl (C=O) groups is 1. The van der Waals surface area contributed by atoms with E-state index in [0.29, 0.717) is 18.8 Å². The van der Waals surface area contributed by atoms with Gasteiger partial charge in [0, 0.05) is 62.0 Å². The molecule has 7 nitrogen and oxygen atoms in total. The SMILES string of the molecule is Cc1nc(CCC(=O)NC2CCN(c3nccc(C4CCOCC4)n3)C2)cs1. The van der Waals surface area contributed by atoms with Crippen molar-refractivity contribution in [1.29, 1.82) is 0 Å². The Morgan fingerprint density at radius 1 is 1.32 bits per heavy atom. The zero-order valence-corrected chi connectivity index (χ0v) is 17.1. The van der Waals surface area contributed by atoms with E-state index in [1.807, 2.05) is 24.6 Å². The Morgan fingerprint density at radius 3 is 2.96 bits per heavy atom. The van der Waals surface area contributed by atoms with E-state index in [-0.39, 0.29) is 11.9 Å². The van der Waals surface area contributed by atoms with Crippen LogP contribution >= 0.6 is 11.3 Å². The van der Waals surface area contributed by atoms with E-state index in [4.69, 9.17) is 9.72 Å². The second-order valence-electron chi connectivity index (χ2n) is 7.53. The number of nitrogens with one attached hydrogen (secondary N) is 1. The molecule has 0 radical (unpaired) electrons. The Bertz CT molecular complexity index is 805. The fraction of sp³-hybridized carbons (Fsp3) is 0.600. The molecular formula is C20H27N5O2S. The highest BCUT2D eigenvalue weighted by molar-refractivity contribution is 7.09. The van der Waals surface area contributed by atoms with Crippen LogP contribution in [0.5, 0.6) is 0 Å². The summed E-state index contributed by atoms with van der Waals surface area (Å²) < 4.78 is 5.45. The fourth-order valence-corrected chi connectivity index (χ4v) is 4.51. The van der Waals surface area contributed by atoms with Crippen LogP contribution in [0, 0.1) is 6.92 Å². The van der Waals surface area contributed by atoms with Gasteiger partial charge in [0.1, 0.15) is 0 Å². The van der Waals surface area contributed by atoms with E-state index >= 15 is 0 Å². The van der Waals surface area contributed by atoms with Gasteiger partial charge < -0.3 is 15.0 Å². The first-order valence-electron chi connectivity index (χ1n) is 10.0. The van der Waals surface area contributed by atoms with Gasteiger partial charge in [-0.15, -0.1) is 11.3 Å². The quantitative estimate of drug-likeness (QED) is 0.801. The molecule has 4 heterocycles. The molecule has 0 aromatic carbocycles. The van der Waals surface area contributed by atoms with Crippen LogP contribution < -0.4 is 10.2 Å². The first-order valence-corrected chi connectivity index (χ1v) is 10.9. The van der Waals surface area contributed by atoms with E-state index in [1.54, 1.807) is 11.3 Å². The summed E-state index contributed by atoms with van der Waals surface area (Å²) >= 11 is 1.63. The van der Waals surface area contributed by atoms with Crippen LogP contribution in [0.4, 0.5) is 5.95 Å². The maximum absolute atomic E-state index is 12.3. The number of ether oxygens (including phenoxy) is 1. The highest BCUT2D eigenvalue weighted by atomic mass is 32.1. The average Bonchev–Trinajstić information content (AvgIpc) is 3.36. The summed E-state index contributed by atoms with van der Waals surface area (Å²) in [4.78, 5) is 28.2. The highest BCUT2D eigenvalue weighted by Gasteiger charge is 2.26. The number of carbonyl (C=O) groups excluding carboxylic acids is 1. The third kappa shape index (κ3) is 4.86. The van der Waals surface area contributed by atoms with E-state index in [2.05, 4.69) is 20.2 Å². The van der Waals surface area contributed by atoms with Gasteiger partial charge in [0.05, 0.1) is 10.7 Å². The van der Waals surface area contributed by atoms with E-state index in [0.717, 1.165) is 67.9 Å². The molecule has 2 aromatic rings. The Kier molecular flexibility index (Phi) is 6.17. The first-order chi connectivity index (χ1) is 13.7. The molecular weight excluding hydrogens is 374 g/mol. The van der Waals surface area contributed by atoms with Gasteiger partial charge in [0.25, 0.3) is 0 Å². The Balaban J connectivity index is 1.28. The topological polar surface area (TPSA) is 80.2 Å². The minimum absolute atomic E-state index is 0.0920. The molecule has 1 N–H and O–H groups in total. The van der Waals surface area contributed by atoms with Crippen LogP contribution in [-0.4, -0.2) is 53.2 Å². The maximum Gasteiger partial charge on any atom is 0.225 e. The second kappa shape index (κ2) is 8.96. The molecule has 2 saturated heterocycles. The summed E-state index contributed by atoms with van der Waals surface area (Å²) in [5, 5.41) is 6.23. The van der Waals surface area contributed by atoms with Crippen LogP contribution in [0.1, 0.15) is 48.0 Å². The number of thiazole rings is 1. The van der Waals surface area contributed by atoms with Gasteiger partial charge in [-0.05, 0) is 38.7 Å². The van der Waals surface area contributed by atoms with Gasteiger partial charge in [-0.1, -0.05) is 0 Å². The van der Waals surface area contributed by atoms with Gasteiger partial charge in [-0.2, -0.15) is 0 Å². The van der Waals surface area contributed by atoms with Crippen molar-refractivity contribution in [2.75, 3.05) is 31.2 Å². The largest absolute Gasteiger partial charge is 0.381 e. The minimum Gasteiger partial charge on any atom is -0.381 e. The monoisotopic (exact) mass is 401 g/mol. The number of anilines is 1. The van der Waals surface area contributed by atoms with Gasteiger partial charge in [0.2, 0.25) is 11.9 Å². The molecule has 0 aliphatic carbocycles. The van der Waals surface area contributed by atoms with Crippen molar-refractivity contribution in [3.05, 3.63) is 34.0 Å². The average molecular weight is 402 g/mol. The molecule has 0 spiro atoms. The lowest BCUT2D eigenvalue weighted by atomic mass is 9.96. The minimum atomic E-state index is 0.0920. The normalized spacial score (nSPS) is 20.5. The van der Waals surface area contributed by atoms with Gasteiger partial charge in [-0.3, -0.25) is 4.79 Å². The van der Waals surface area contributed by atoms with E-state index < -0.39 is 0 Å². The summed E-state index contributed by atoms with van der Waals surface area (Å²) in [6.45, 7) is 5.23. The smallest absolute Gasteiger partial charge is 0.225 e. The molecule has 1 atom stereocenters. The highest BCUT2D eigenvalue weighted by Crippen LogP contribution is 2.26.